The molecule has 0 fully saturated rings. The zero-order valence-corrected chi connectivity index (χ0v) is 7.97. The summed E-state index contributed by atoms with van der Waals surface area (Å²) in [5.41, 5.74) is 1.05. The SMILES string of the molecule is Cc1cn(Cc2ccno2)c(=S)[nH]1. The molecule has 1 N–H and O–H groups in total. The number of aromatic amines is 1. The highest BCUT2D eigenvalue weighted by Gasteiger charge is 2.00. The van der Waals surface area contributed by atoms with Crippen LogP contribution in [0.3, 0.4) is 0 Å². The van der Waals surface area contributed by atoms with Gasteiger partial charge in [0.15, 0.2) is 10.5 Å². The molecule has 0 atom stereocenters. The molecule has 0 amide bonds. The van der Waals surface area contributed by atoms with Crippen molar-refractivity contribution in [3.8, 4) is 0 Å². The van der Waals surface area contributed by atoms with Gasteiger partial charge in [0, 0.05) is 18.0 Å². The van der Waals surface area contributed by atoms with E-state index in [2.05, 4.69) is 10.1 Å². The zero-order valence-electron chi connectivity index (χ0n) is 7.15. The number of imidazole rings is 1. The second-order valence-electron chi connectivity index (χ2n) is 2.85. The van der Waals surface area contributed by atoms with Crippen LogP contribution in [0.5, 0.6) is 0 Å². The molecule has 4 nitrogen and oxygen atoms in total. The standard InChI is InChI=1S/C8H9N3OS/c1-6-4-11(8(13)10-6)5-7-2-3-9-12-7/h2-4H,5H2,1H3,(H,10,13). The van der Waals surface area contributed by atoms with Crippen LogP contribution in [0.4, 0.5) is 0 Å². The van der Waals surface area contributed by atoms with Crippen LogP contribution in [-0.2, 0) is 6.54 Å². The first-order chi connectivity index (χ1) is 6.25. The monoisotopic (exact) mass is 195 g/mol. The van der Waals surface area contributed by atoms with Gasteiger partial charge in [0.05, 0.1) is 12.7 Å². The molecule has 0 radical (unpaired) electrons. The van der Waals surface area contributed by atoms with Crippen molar-refractivity contribution >= 4 is 12.2 Å². The molecule has 5 heteroatoms. The summed E-state index contributed by atoms with van der Waals surface area (Å²) in [4.78, 5) is 3.04. The van der Waals surface area contributed by atoms with Crippen molar-refractivity contribution in [2.75, 3.05) is 0 Å². The number of hydrogen-bond donors (Lipinski definition) is 1. The van der Waals surface area contributed by atoms with Gasteiger partial charge in [-0.3, -0.25) is 0 Å². The van der Waals surface area contributed by atoms with Crippen LogP contribution in [0.2, 0.25) is 0 Å². The van der Waals surface area contributed by atoms with Gasteiger partial charge in [-0.05, 0) is 19.1 Å². The largest absolute Gasteiger partial charge is 0.359 e. The van der Waals surface area contributed by atoms with Crippen molar-refractivity contribution in [2.45, 2.75) is 13.5 Å². The van der Waals surface area contributed by atoms with Crippen molar-refractivity contribution < 1.29 is 4.52 Å². The number of nitrogens with one attached hydrogen (secondary N) is 1. The highest BCUT2D eigenvalue weighted by Crippen LogP contribution is 2.03. The molecule has 0 bridgehead atoms. The lowest BCUT2D eigenvalue weighted by molar-refractivity contribution is 0.376. The fourth-order valence-corrected chi connectivity index (χ4v) is 1.45. The van der Waals surface area contributed by atoms with E-state index in [1.807, 2.05) is 23.8 Å². The van der Waals surface area contributed by atoms with Gasteiger partial charge >= 0.3 is 0 Å². The maximum Gasteiger partial charge on any atom is 0.177 e. The van der Waals surface area contributed by atoms with Crippen LogP contribution in [0, 0.1) is 11.7 Å². The molecule has 0 aromatic carbocycles. The first-order valence-electron chi connectivity index (χ1n) is 3.91. The molecule has 0 aliphatic rings. The Balaban J connectivity index is 2.28. The van der Waals surface area contributed by atoms with Crippen LogP contribution in [0.25, 0.3) is 0 Å². The van der Waals surface area contributed by atoms with Crippen LogP contribution >= 0.6 is 12.2 Å². The molecule has 2 heterocycles. The fourth-order valence-electron chi connectivity index (χ4n) is 1.17. The van der Waals surface area contributed by atoms with Crippen molar-refractivity contribution in [2.24, 2.45) is 0 Å². The molecule has 2 aromatic heterocycles. The zero-order chi connectivity index (χ0) is 9.26. The van der Waals surface area contributed by atoms with E-state index >= 15 is 0 Å². The Morgan fingerprint density at radius 3 is 3.08 bits per heavy atom. The number of aryl methyl sites for hydroxylation is 1. The molecule has 0 aliphatic heterocycles. The molecular weight excluding hydrogens is 186 g/mol. The molecule has 2 rings (SSSR count). The van der Waals surface area contributed by atoms with Crippen molar-refractivity contribution in [3.05, 3.63) is 34.7 Å². The van der Waals surface area contributed by atoms with Gasteiger partial charge in [0.2, 0.25) is 0 Å². The molecule has 0 spiro atoms. The van der Waals surface area contributed by atoms with Crippen LogP contribution < -0.4 is 0 Å². The third-order valence-corrected chi connectivity index (χ3v) is 2.07. The maximum absolute atomic E-state index is 5.09. The summed E-state index contributed by atoms with van der Waals surface area (Å²) in [6.45, 7) is 2.59. The highest BCUT2D eigenvalue weighted by molar-refractivity contribution is 7.71. The van der Waals surface area contributed by atoms with Gasteiger partial charge in [-0.15, -0.1) is 0 Å². The minimum atomic E-state index is 0.628. The van der Waals surface area contributed by atoms with Crippen molar-refractivity contribution in [3.63, 3.8) is 0 Å². The van der Waals surface area contributed by atoms with Gasteiger partial charge in [0.1, 0.15) is 0 Å². The number of H-pyrrole nitrogens is 1. The van der Waals surface area contributed by atoms with E-state index in [1.54, 1.807) is 6.20 Å². The molecule has 0 aliphatic carbocycles. The van der Waals surface area contributed by atoms with E-state index in [4.69, 9.17) is 16.7 Å². The summed E-state index contributed by atoms with van der Waals surface area (Å²) in [6.07, 6.45) is 3.57. The van der Waals surface area contributed by atoms with E-state index in [-0.39, 0.29) is 0 Å². The van der Waals surface area contributed by atoms with E-state index < -0.39 is 0 Å². The second kappa shape index (κ2) is 3.18. The Hall–Kier alpha value is -1.36. The number of rotatable bonds is 2. The Kier molecular flexibility index (Phi) is 2.02. The lowest BCUT2D eigenvalue weighted by atomic mass is 10.4. The molecular formula is C8H9N3OS. The summed E-state index contributed by atoms with van der Waals surface area (Å²) < 4.78 is 7.58. The Bertz CT molecular complexity index is 440. The summed E-state index contributed by atoms with van der Waals surface area (Å²) >= 11 is 5.09. The molecule has 0 unspecified atom stereocenters. The quantitative estimate of drug-likeness (QED) is 0.744. The average Bonchev–Trinajstić information content (AvgIpc) is 2.63. The average molecular weight is 195 g/mol. The topological polar surface area (TPSA) is 46.8 Å². The minimum absolute atomic E-state index is 0.628. The van der Waals surface area contributed by atoms with Crippen molar-refractivity contribution in [1.29, 1.82) is 0 Å². The van der Waals surface area contributed by atoms with E-state index in [0.29, 0.717) is 11.3 Å². The molecule has 0 saturated heterocycles. The Labute approximate surface area is 80.2 Å². The lowest BCUT2D eigenvalue weighted by Crippen LogP contribution is -1.96. The molecule has 0 saturated carbocycles. The smallest absolute Gasteiger partial charge is 0.177 e. The first-order valence-corrected chi connectivity index (χ1v) is 4.32. The lowest BCUT2D eigenvalue weighted by Gasteiger charge is -1.95. The summed E-state index contributed by atoms with van der Waals surface area (Å²) in [5.74, 6) is 0.801. The minimum Gasteiger partial charge on any atom is -0.359 e. The third-order valence-electron chi connectivity index (χ3n) is 1.73. The Morgan fingerprint density at radius 2 is 2.54 bits per heavy atom. The van der Waals surface area contributed by atoms with E-state index in [0.717, 1.165) is 11.5 Å². The van der Waals surface area contributed by atoms with E-state index in [9.17, 15) is 0 Å². The summed E-state index contributed by atoms with van der Waals surface area (Å²) in [7, 11) is 0. The molecule has 13 heavy (non-hydrogen) atoms. The number of hydrogen-bond acceptors (Lipinski definition) is 3. The van der Waals surface area contributed by atoms with Gasteiger partial charge in [-0.2, -0.15) is 0 Å². The summed E-state index contributed by atoms with van der Waals surface area (Å²) in [6, 6.07) is 1.82. The molecule has 68 valence electrons. The van der Waals surface area contributed by atoms with Gasteiger partial charge in [-0.1, -0.05) is 5.16 Å². The highest BCUT2D eigenvalue weighted by atomic mass is 32.1. The van der Waals surface area contributed by atoms with E-state index in [1.165, 1.54) is 0 Å². The predicted molar refractivity (Wildman–Crippen MR) is 50.0 cm³/mol. The van der Waals surface area contributed by atoms with Crippen LogP contribution in [0.15, 0.2) is 23.0 Å². The Morgan fingerprint density at radius 1 is 1.69 bits per heavy atom. The maximum atomic E-state index is 5.09. The van der Waals surface area contributed by atoms with Gasteiger partial charge in [-0.25, -0.2) is 0 Å². The predicted octanol–water partition coefficient (Wildman–Crippen LogP) is 1.89. The van der Waals surface area contributed by atoms with Gasteiger partial charge in [0.25, 0.3) is 0 Å². The van der Waals surface area contributed by atoms with Crippen molar-refractivity contribution in [1.82, 2.24) is 14.7 Å². The fraction of sp³-hybridized carbons (Fsp3) is 0.250. The first kappa shape index (κ1) is 8.25. The van der Waals surface area contributed by atoms with Crippen LogP contribution in [0.1, 0.15) is 11.5 Å². The third kappa shape index (κ3) is 1.70. The summed E-state index contributed by atoms with van der Waals surface area (Å²) in [5, 5.41) is 3.62. The number of nitrogens with zero attached hydrogens (tertiary/aromatic N) is 2. The second-order valence-corrected chi connectivity index (χ2v) is 3.24. The van der Waals surface area contributed by atoms with Crippen LogP contribution in [-0.4, -0.2) is 14.7 Å². The number of aromatic nitrogens is 3. The normalized spacial score (nSPS) is 10.5. The van der Waals surface area contributed by atoms with Gasteiger partial charge < -0.3 is 14.1 Å². The molecule has 2 aromatic rings.